The average molecular weight is 283 g/mol. The molecule has 0 aromatic heterocycles. The number of carbonyl (C=O) groups is 1. The van der Waals surface area contributed by atoms with E-state index in [9.17, 15) is 4.79 Å². The van der Waals surface area contributed by atoms with E-state index in [4.69, 9.17) is 5.73 Å². The first-order chi connectivity index (χ1) is 9.95. The van der Waals surface area contributed by atoms with Crippen molar-refractivity contribution in [1.29, 1.82) is 0 Å². The van der Waals surface area contributed by atoms with E-state index in [0.717, 1.165) is 11.4 Å². The molecule has 0 aliphatic carbocycles. The number of nitrogens with one attached hydrogen (secondary N) is 2. The molecule has 2 rings (SSSR count). The minimum atomic E-state index is -0.112. The quantitative estimate of drug-likeness (QED) is 0.753. The summed E-state index contributed by atoms with van der Waals surface area (Å²) in [6.07, 6.45) is 0. The Balaban J connectivity index is 2.18. The Morgan fingerprint density at radius 2 is 1.90 bits per heavy atom. The third-order valence-electron chi connectivity index (χ3n) is 3.03. The Labute approximate surface area is 125 Å². The molecule has 4 heteroatoms. The number of nitrogen functional groups attached to an aromatic ring is 1. The molecule has 0 atom stereocenters. The first kappa shape index (κ1) is 14.9. The molecule has 0 aliphatic rings. The number of hydrogen-bond acceptors (Lipinski definition) is 3. The Morgan fingerprint density at radius 1 is 1.14 bits per heavy atom. The van der Waals surface area contributed by atoms with Crippen LogP contribution in [0.25, 0.3) is 0 Å². The lowest BCUT2D eigenvalue weighted by atomic mass is 10.1. The van der Waals surface area contributed by atoms with Crippen molar-refractivity contribution in [2.75, 3.05) is 11.1 Å². The van der Waals surface area contributed by atoms with Crippen LogP contribution in [-0.2, 0) is 0 Å². The van der Waals surface area contributed by atoms with Crippen LogP contribution in [0.4, 0.5) is 17.1 Å². The summed E-state index contributed by atoms with van der Waals surface area (Å²) in [4.78, 5) is 11.9. The second-order valence-corrected chi connectivity index (χ2v) is 5.42. The molecular weight excluding hydrogens is 262 g/mol. The Morgan fingerprint density at radius 3 is 2.52 bits per heavy atom. The van der Waals surface area contributed by atoms with Gasteiger partial charge >= 0.3 is 0 Å². The van der Waals surface area contributed by atoms with Crippen molar-refractivity contribution in [2.24, 2.45) is 0 Å². The fourth-order valence-corrected chi connectivity index (χ4v) is 2.04. The zero-order valence-corrected chi connectivity index (χ0v) is 12.6. The molecule has 4 N–H and O–H groups in total. The second kappa shape index (κ2) is 6.31. The smallest absolute Gasteiger partial charge is 0.251 e. The van der Waals surface area contributed by atoms with Gasteiger partial charge < -0.3 is 16.4 Å². The number of aryl methyl sites for hydroxylation is 1. The van der Waals surface area contributed by atoms with Crippen LogP contribution in [0.5, 0.6) is 0 Å². The van der Waals surface area contributed by atoms with Gasteiger partial charge in [-0.3, -0.25) is 4.79 Å². The summed E-state index contributed by atoms with van der Waals surface area (Å²) >= 11 is 0. The van der Waals surface area contributed by atoms with Crippen LogP contribution in [0.2, 0.25) is 0 Å². The van der Waals surface area contributed by atoms with Gasteiger partial charge in [0.05, 0.1) is 11.4 Å². The number of amides is 1. The van der Waals surface area contributed by atoms with Crippen LogP contribution in [0.15, 0.2) is 42.5 Å². The summed E-state index contributed by atoms with van der Waals surface area (Å²) in [5.74, 6) is -0.112. The molecule has 0 aliphatic heterocycles. The van der Waals surface area contributed by atoms with E-state index in [0.29, 0.717) is 11.3 Å². The first-order valence-corrected chi connectivity index (χ1v) is 7.00. The second-order valence-electron chi connectivity index (χ2n) is 5.42. The summed E-state index contributed by atoms with van der Waals surface area (Å²) in [5, 5.41) is 6.11. The van der Waals surface area contributed by atoms with Gasteiger partial charge in [0, 0.05) is 17.3 Å². The molecule has 0 saturated carbocycles. The zero-order valence-electron chi connectivity index (χ0n) is 12.6. The van der Waals surface area contributed by atoms with Gasteiger partial charge in [-0.15, -0.1) is 0 Å². The fraction of sp³-hybridized carbons (Fsp3) is 0.235. The molecular formula is C17H21N3O. The van der Waals surface area contributed by atoms with Gasteiger partial charge in [0.1, 0.15) is 0 Å². The standard InChI is InChI=1S/C17H21N3O/c1-11(2)19-17(21)13-7-8-16(15(18)10-13)20-14-6-4-5-12(3)9-14/h4-11,20H,18H2,1-3H3,(H,19,21). The predicted octanol–water partition coefficient (Wildman–Crippen LogP) is 3.46. The predicted molar refractivity (Wildman–Crippen MR) is 87.9 cm³/mol. The van der Waals surface area contributed by atoms with Crippen LogP contribution >= 0.6 is 0 Å². The van der Waals surface area contributed by atoms with E-state index in [-0.39, 0.29) is 11.9 Å². The van der Waals surface area contributed by atoms with Crippen molar-refractivity contribution in [2.45, 2.75) is 26.8 Å². The van der Waals surface area contributed by atoms with Crippen molar-refractivity contribution in [1.82, 2.24) is 5.32 Å². The molecule has 2 aromatic rings. The summed E-state index contributed by atoms with van der Waals surface area (Å²) in [5.41, 5.74) is 10.1. The van der Waals surface area contributed by atoms with Crippen molar-refractivity contribution in [3.63, 3.8) is 0 Å². The number of carbonyl (C=O) groups excluding carboxylic acids is 1. The van der Waals surface area contributed by atoms with E-state index in [1.54, 1.807) is 12.1 Å². The van der Waals surface area contributed by atoms with E-state index in [2.05, 4.69) is 10.6 Å². The first-order valence-electron chi connectivity index (χ1n) is 7.00. The summed E-state index contributed by atoms with van der Waals surface area (Å²) in [6, 6.07) is 13.4. The van der Waals surface area contributed by atoms with Gasteiger partial charge in [-0.05, 0) is 56.7 Å². The van der Waals surface area contributed by atoms with Crippen LogP contribution in [0, 0.1) is 6.92 Å². The monoisotopic (exact) mass is 283 g/mol. The molecule has 0 saturated heterocycles. The van der Waals surface area contributed by atoms with Gasteiger partial charge in [-0.1, -0.05) is 12.1 Å². The van der Waals surface area contributed by atoms with Crippen LogP contribution < -0.4 is 16.4 Å². The lowest BCUT2D eigenvalue weighted by Gasteiger charge is -2.12. The van der Waals surface area contributed by atoms with Crippen LogP contribution in [0.1, 0.15) is 29.8 Å². The molecule has 0 bridgehead atoms. The maximum atomic E-state index is 11.9. The maximum Gasteiger partial charge on any atom is 0.251 e. The highest BCUT2D eigenvalue weighted by Gasteiger charge is 2.09. The topological polar surface area (TPSA) is 67.2 Å². The third-order valence-corrected chi connectivity index (χ3v) is 3.03. The third kappa shape index (κ3) is 3.99. The number of hydrogen-bond donors (Lipinski definition) is 3. The molecule has 0 unspecified atom stereocenters. The number of anilines is 3. The number of rotatable bonds is 4. The van der Waals surface area contributed by atoms with Crippen molar-refractivity contribution < 1.29 is 4.79 Å². The van der Waals surface area contributed by atoms with Crippen LogP contribution in [0.3, 0.4) is 0 Å². The normalized spacial score (nSPS) is 10.5. The highest BCUT2D eigenvalue weighted by Crippen LogP contribution is 2.24. The van der Waals surface area contributed by atoms with E-state index < -0.39 is 0 Å². The Bertz CT molecular complexity index is 650. The van der Waals surface area contributed by atoms with E-state index in [1.165, 1.54) is 5.56 Å². The number of nitrogens with two attached hydrogens (primary N) is 1. The lowest BCUT2D eigenvalue weighted by Crippen LogP contribution is -2.30. The van der Waals surface area contributed by atoms with Gasteiger partial charge in [0.25, 0.3) is 5.91 Å². The minimum Gasteiger partial charge on any atom is -0.397 e. The van der Waals surface area contributed by atoms with Gasteiger partial charge in [0.15, 0.2) is 0 Å². The minimum absolute atomic E-state index is 0.101. The molecule has 21 heavy (non-hydrogen) atoms. The summed E-state index contributed by atoms with van der Waals surface area (Å²) in [6.45, 7) is 5.89. The highest BCUT2D eigenvalue weighted by molar-refractivity contribution is 5.96. The molecule has 1 amide bonds. The van der Waals surface area contributed by atoms with Gasteiger partial charge in [0.2, 0.25) is 0 Å². The van der Waals surface area contributed by atoms with Crippen molar-refractivity contribution in [3.8, 4) is 0 Å². The number of benzene rings is 2. The Hall–Kier alpha value is -2.49. The van der Waals surface area contributed by atoms with Crippen molar-refractivity contribution in [3.05, 3.63) is 53.6 Å². The zero-order chi connectivity index (χ0) is 15.4. The largest absolute Gasteiger partial charge is 0.397 e. The van der Waals surface area contributed by atoms with Gasteiger partial charge in [-0.25, -0.2) is 0 Å². The van der Waals surface area contributed by atoms with E-state index in [1.807, 2.05) is 51.1 Å². The molecule has 0 spiro atoms. The summed E-state index contributed by atoms with van der Waals surface area (Å²) < 4.78 is 0. The Kier molecular flexibility index (Phi) is 4.48. The van der Waals surface area contributed by atoms with Crippen molar-refractivity contribution >= 4 is 23.0 Å². The molecule has 2 aromatic carbocycles. The average Bonchev–Trinajstić information content (AvgIpc) is 2.40. The molecule has 0 fully saturated rings. The fourth-order valence-electron chi connectivity index (χ4n) is 2.04. The lowest BCUT2D eigenvalue weighted by molar-refractivity contribution is 0.0943. The van der Waals surface area contributed by atoms with Crippen LogP contribution in [-0.4, -0.2) is 11.9 Å². The molecule has 110 valence electrons. The maximum absolute atomic E-state index is 11.9. The molecule has 0 heterocycles. The van der Waals surface area contributed by atoms with E-state index >= 15 is 0 Å². The van der Waals surface area contributed by atoms with Gasteiger partial charge in [-0.2, -0.15) is 0 Å². The molecule has 4 nitrogen and oxygen atoms in total. The summed E-state index contributed by atoms with van der Waals surface area (Å²) in [7, 11) is 0. The SMILES string of the molecule is Cc1cccc(Nc2ccc(C(=O)NC(C)C)cc2N)c1. The molecule has 0 radical (unpaired) electrons. The highest BCUT2D eigenvalue weighted by atomic mass is 16.1.